The van der Waals surface area contributed by atoms with Crippen LogP contribution in [-0.4, -0.2) is 16.7 Å². The molecule has 1 heterocycles. The highest BCUT2D eigenvalue weighted by Crippen LogP contribution is 2.24. The lowest BCUT2D eigenvalue weighted by Gasteiger charge is -2.11. The molecule has 0 fully saturated rings. The molecule has 1 N–H and O–H groups in total. The Labute approximate surface area is 83.2 Å². The average molecular weight is 187 g/mol. The van der Waals surface area contributed by atoms with Crippen molar-refractivity contribution >= 4 is 10.8 Å². The Balaban J connectivity index is 2.65. The fourth-order valence-corrected chi connectivity index (χ4v) is 1.68. The quantitative estimate of drug-likeness (QED) is 0.782. The Morgan fingerprint density at radius 2 is 2.21 bits per heavy atom. The fourth-order valence-electron chi connectivity index (χ4n) is 1.68. The molecule has 1 aromatic carbocycles. The van der Waals surface area contributed by atoms with E-state index in [0.717, 1.165) is 5.39 Å². The number of hydrogen-bond acceptors (Lipinski definition) is 2. The van der Waals surface area contributed by atoms with Crippen molar-refractivity contribution in [2.24, 2.45) is 0 Å². The van der Waals surface area contributed by atoms with Gasteiger partial charge in [-0.2, -0.15) is 0 Å². The molecule has 2 aromatic rings. The molecular weight excluding hydrogens is 174 g/mol. The van der Waals surface area contributed by atoms with Crippen LogP contribution >= 0.6 is 0 Å². The van der Waals surface area contributed by atoms with E-state index >= 15 is 0 Å². The number of aromatic nitrogens is 1. The lowest BCUT2D eigenvalue weighted by atomic mass is 9.96. The monoisotopic (exact) mass is 187 g/mol. The van der Waals surface area contributed by atoms with Gasteiger partial charge >= 0.3 is 0 Å². The molecule has 0 spiro atoms. The molecule has 14 heavy (non-hydrogen) atoms. The van der Waals surface area contributed by atoms with Crippen LogP contribution in [0, 0.1) is 0 Å². The summed E-state index contributed by atoms with van der Waals surface area (Å²) in [7, 11) is 0. The van der Waals surface area contributed by atoms with Crippen molar-refractivity contribution in [2.45, 2.75) is 12.8 Å². The topological polar surface area (TPSA) is 33.1 Å². The largest absolute Gasteiger partial charge is 0.396 e. The number of aliphatic hydroxyl groups is 1. The minimum atomic E-state index is 0.182. The van der Waals surface area contributed by atoms with Crippen molar-refractivity contribution in [1.82, 2.24) is 4.98 Å². The summed E-state index contributed by atoms with van der Waals surface area (Å²) in [5.74, 6) is 0.182. The SMILES string of the molecule is C[C@@H](CO)c1cccc2cnccc12. The molecule has 0 saturated heterocycles. The number of rotatable bonds is 2. The maximum absolute atomic E-state index is 9.13. The van der Waals surface area contributed by atoms with E-state index in [4.69, 9.17) is 5.11 Å². The number of benzene rings is 1. The van der Waals surface area contributed by atoms with Crippen LogP contribution in [0.15, 0.2) is 36.7 Å². The zero-order chi connectivity index (χ0) is 9.97. The van der Waals surface area contributed by atoms with E-state index in [1.807, 2.05) is 31.3 Å². The van der Waals surface area contributed by atoms with Crippen molar-refractivity contribution < 1.29 is 5.11 Å². The van der Waals surface area contributed by atoms with Crippen LogP contribution in [0.3, 0.4) is 0 Å². The van der Waals surface area contributed by atoms with E-state index in [1.54, 1.807) is 6.20 Å². The third-order valence-corrected chi connectivity index (χ3v) is 2.52. The molecule has 0 amide bonds. The van der Waals surface area contributed by atoms with E-state index in [-0.39, 0.29) is 12.5 Å². The molecule has 0 bridgehead atoms. The second-order valence-electron chi connectivity index (χ2n) is 3.53. The zero-order valence-electron chi connectivity index (χ0n) is 8.14. The minimum absolute atomic E-state index is 0.182. The molecule has 0 saturated carbocycles. The summed E-state index contributed by atoms with van der Waals surface area (Å²) in [6, 6.07) is 8.10. The van der Waals surface area contributed by atoms with Gasteiger partial charge in [-0.25, -0.2) is 0 Å². The summed E-state index contributed by atoms with van der Waals surface area (Å²) in [5.41, 5.74) is 1.19. The zero-order valence-corrected chi connectivity index (χ0v) is 8.14. The lowest BCUT2D eigenvalue weighted by Crippen LogP contribution is -1.99. The summed E-state index contributed by atoms with van der Waals surface area (Å²) < 4.78 is 0. The van der Waals surface area contributed by atoms with Gasteiger partial charge in [0.15, 0.2) is 0 Å². The van der Waals surface area contributed by atoms with E-state index in [9.17, 15) is 0 Å². The van der Waals surface area contributed by atoms with E-state index < -0.39 is 0 Å². The molecule has 2 nitrogen and oxygen atoms in total. The van der Waals surface area contributed by atoms with Gasteiger partial charge in [-0.3, -0.25) is 4.98 Å². The molecule has 0 unspecified atom stereocenters. The van der Waals surface area contributed by atoms with Crippen LogP contribution in [0.5, 0.6) is 0 Å². The average Bonchev–Trinajstić information content (AvgIpc) is 2.27. The highest BCUT2D eigenvalue weighted by Gasteiger charge is 2.07. The predicted molar refractivity (Wildman–Crippen MR) is 57.2 cm³/mol. The molecular formula is C12H13NO. The molecule has 0 aliphatic rings. The van der Waals surface area contributed by atoms with Crippen LogP contribution in [0.25, 0.3) is 10.8 Å². The van der Waals surface area contributed by atoms with Crippen LogP contribution in [0.4, 0.5) is 0 Å². The predicted octanol–water partition coefficient (Wildman–Crippen LogP) is 2.33. The number of hydrogen-bond donors (Lipinski definition) is 1. The summed E-state index contributed by atoms with van der Waals surface area (Å²) in [4.78, 5) is 4.08. The second-order valence-corrected chi connectivity index (χ2v) is 3.53. The summed E-state index contributed by atoms with van der Waals surface area (Å²) in [6.07, 6.45) is 3.64. The Morgan fingerprint density at radius 1 is 1.36 bits per heavy atom. The van der Waals surface area contributed by atoms with Gasteiger partial charge in [-0.05, 0) is 17.0 Å². The van der Waals surface area contributed by atoms with E-state index in [2.05, 4.69) is 11.1 Å². The summed E-state index contributed by atoms with van der Waals surface area (Å²) in [6.45, 7) is 2.20. The van der Waals surface area contributed by atoms with Crippen molar-refractivity contribution in [3.05, 3.63) is 42.2 Å². The van der Waals surface area contributed by atoms with E-state index in [1.165, 1.54) is 10.9 Å². The van der Waals surface area contributed by atoms with Crippen molar-refractivity contribution in [1.29, 1.82) is 0 Å². The molecule has 1 aromatic heterocycles. The number of aliphatic hydroxyl groups excluding tert-OH is 1. The van der Waals surface area contributed by atoms with Gasteiger partial charge in [0.05, 0.1) is 0 Å². The molecule has 0 aliphatic carbocycles. The lowest BCUT2D eigenvalue weighted by molar-refractivity contribution is 0.273. The highest BCUT2D eigenvalue weighted by atomic mass is 16.3. The molecule has 2 heteroatoms. The van der Waals surface area contributed by atoms with Crippen LogP contribution in [0.2, 0.25) is 0 Å². The molecule has 2 rings (SSSR count). The number of nitrogens with zero attached hydrogens (tertiary/aromatic N) is 1. The summed E-state index contributed by atoms with van der Waals surface area (Å²) >= 11 is 0. The highest BCUT2D eigenvalue weighted by molar-refractivity contribution is 5.85. The minimum Gasteiger partial charge on any atom is -0.396 e. The fraction of sp³-hybridized carbons (Fsp3) is 0.250. The van der Waals surface area contributed by atoms with Crippen molar-refractivity contribution in [3.8, 4) is 0 Å². The van der Waals surface area contributed by atoms with Gasteiger partial charge in [-0.15, -0.1) is 0 Å². The molecule has 1 atom stereocenters. The standard InChI is InChI=1S/C12H13NO/c1-9(8-14)11-4-2-3-10-7-13-6-5-12(10)11/h2-7,9,14H,8H2,1H3/t9-/m0/s1. The van der Waals surface area contributed by atoms with Gasteiger partial charge in [0.1, 0.15) is 0 Å². The Morgan fingerprint density at radius 3 is 3.00 bits per heavy atom. The first-order chi connectivity index (χ1) is 6.83. The molecule has 72 valence electrons. The number of pyridine rings is 1. The Bertz CT molecular complexity index is 434. The number of fused-ring (bicyclic) bond motifs is 1. The van der Waals surface area contributed by atoms with Gasteiger partial charge in [-0.1, -0.05) is 25.1 Å². The van der Waals surface area contributed by atoms with Gasteiger partial charge < -0.3 is 5.11 Å². The smallest absolute Gasteiger partial charge is 0.0497 e. The van der Waals surface area contributed by atoms with Gasteiger partial charge in [0.25, 0.3) is 0 Å². The van der Waals surface area contributed by atoms with Crippen molar-refractivity contribution in [3.63, 3.8) is 0 Å². The Kier molecular flexibility index (Phi) is 2.46. The van der Waals surface area contributed by atoms with Gasteiger partial charge in [0.2, 0.25) is 0 Å². The Hall–Kier alpha value is -1.41. The van der Waals surface area contributed by atoms with Crippen LogP contribution < -0.4 is 0 Å². The maximum Gasteiger partial charge on any atom is 0.0497 e. The molecule has 0 aliphatic heterocycles. The third kappa shape index (κ3) is 1.49. The maximum atomic E-state index is 9.13. The van der Waals surface area contributed by atoms with Gasteiger partial charge in [0, 0.05) is 30.3 Å². The first kappa shape index (κ1) is 9.16. The normalized spacial score (nSPS) is 13.0. The first-order valence-corrected chi connectivity index (χ1v) is 4.76. The second kappa shape index (κ2) is 3.76. The first-order valence-electron chi connectivity index (χ1n) is 4.76. The van der Waals surface area contributed by atoms with Crippen molar-refractivity contribution in [2.75, 3.05) is 6.61 Å². The summed E-state index contributed by atoms with van der Waals surface area (Å²) in [5, 5.41) is 11.4. The van der Waals surface area contributed by atoms with Crippen LogP contribution in [0.1, 0.15) is 18.4 Å². The van der Waals surface area contributed by atoms with Crippen LogP contribution in [-0.2, 0) is 0 Å². The third-order valence-electron chi connectivity index (χ3n) is 2.52. The molecule has 0 radical (unpaired) electrons. The van der Waals surface area contributed by atoms with E-state index in [0.29, 0.717) is 0 Å².